The molecule has 8 heteroatoms. The van der Waals surface area contributed by atoms with Crippen LogP contribution in [0.25, 0.3) is 6.08 Å². The van der Waals surface area contributed by atoms with E-state index in [1.807, 2.05) is 6.92 Å². The third-order valence-corrected chi connectivity index (χ3v) is 4.50. The van der Waals surface area contributed by atoms with Gasteiger partial charge in [-0.3, -0.25) is 14.5 Å². The van der Waals surface area contributed by atoms with Crippen LogP contribution in [0.4, 0.5) is 4.79 Å². The standard InChI is InChI=1S/C16H18ClNO5S/c1-4-23-13-9-11(17)10(7-12(13)22-3)8-14-15(19)18(5-6-21-2)16(20)24-14/h7-9H,4-6H2,1-3H3/b14-8+. The molecule has 0 N–H and O–H groups in total. The minimum atomic E-state index is -0.356. The van der Waals surface area contributed by atoms with E-state index in [4.69, 9.17) is 25.8 Å². The van der Waals surface area contributed by atoms with Gasteiger partial charge in [-0.15, -0.1) is 0 Å². The monoisotopic (exact) mass is 371 g/mol. The van der Waals surface area contributed by atoms with Gasteiger partial charge in [0.05, 0.1) is 36.8 Å². The van der Waals surface area contributed by atoms with Crippen molar-refractivity contribution in [2.75, 3.05) is 34.0 Å². The van der Waals surface area contributed by atoms with Crippen molar-refractivity contribution < 1.29 is 23.8 Å². The van der Waals surface area contributed by atoms with Crippen LogP contribution in [-0.4, -0.2) is 50.0 Å². The molecule has 1 aromatic carbocycles. The molecule has 1 heterocycles. The summed E-state index contributed by atoms with van der Waals surface area (Å²) in [5.74, 6) is 0.674. The first-order valence-electron chi connectivity index (χ1n) is 7.26. The summed E-state index contributed by atoms with van der Waals surface area (Å²) in [5.41, 5.74) is 0.578. The third kappa shape index (κ3) is 4.03. The molecule has 1 aliphatic heterocycles. The average molecular weight is 372 g/mol. The number of rotatable bonds is 7. The second-order valence-corrected chi connectivity index (χ2v) is 6.18. The molecule has 1 aromatic rings. The minimum Gasteiger partial charge on any atom is -0.493 e. The van der Waals surface area contributed by atoms with Crippen molar-refractivity contribution in [3.63, 3.8) is 0 Å². The number of amides is 2. The highest BCUT2D eigenvalue weighted by molar-refractivity contribution is 8.18. The Labute approximate surface area is 149 Å². The van der Waals surface area contributed by atoms with Crippen molar-refractivity contribution in [2.24, 2.45) is 0 Å². The number of methoxy groups -OCH3 is 2. The van der Waals surface area contributed by atoms with Gasteiger partial charge in [-0.25, -0.2) is 0 Å². The maximum atomic E-state index is 12.3. The zero-order valence-electron chi connectivity index (χ0n) is 13.6. The summed E-state index contributed by atoms with van der Waals surface area (Å²) in [6.45, 7) is 2.85. The molecule has 24 heavy (non-hydrogen) atoms. The Morgan fingerprint density at radius 1 is 1.25 bits per heavy atom. The number of carbonyl (C=O) groups is 2. The molecule has 0 radical (unpaired) electrons. The van der Waals surface area contributed by atoms with E-state index in [2.05, 4.69) is 0 Å². The van der Waals surface area contributed by atoms with Crippen molar-refractivity contribution in [3.8, 4) is 11.5 Å². The summed E-state index contributed by atoms with van der Waals surface area (Å²) in [6.07, 6.45) is 1.58. The van der Waals surface area contributed by atoms with E-state index >= 15 is 0 Å². The molecule has 0 spiro atoms. The third-order valence-electron chi connectivity index (χ3n) is 3.26. The molecule has 2 rings (SSSR count). The average Bonchev–Trinajstić information content (AvgIpc) is 2.82. The van der Waals surface area contributed by atoms with E-state index in [1.165, 1.54) is 14.2 Å². The predicted molar refractivity (Wildman–Crippen MR) is 93.7 cm³/mol. The topological polar surface area (TPSA) is 65.1 Å². The highest BCUT2D eigenvalue weighted by Gasteiger charge is 2.34. The number of thioether (sulfide) groups is 1. The van der Waals surface area contributed by atoms with Crippen molar-refractivity contribution in [1.82, 2.24) is 4.90 Å². The molecule has 0 saturated carbocycles. The highest BCUT2D eigenvalue weighted by Crippen LogP contribution is 2.37. The van der Waals surface area contributed by atoms with Gasteiger partial charge in [-0.05, 0) is 36.4 Å². The Hall–Kier alpha value is -1.70. The van der Waals surface area contributed by atoms with Crippen LogP contribution in [-0.2, 0) is 9.53 Å². The molecule has 130 valence electrons. The Morgan fingerprint density at radius 3 is 2.62 bits per heavy atom. The maximum absolute atomic E-state index is 12.3. The minimum absolute atomic E-state index is 0.221. The van der Waals surface area contributed by atoms with Gasteiger partial charge in [0.1, 0.15) is 0 Å². The lowest BCUT2D eigenvalue weighted by Crippen LogP contribution is -2.31. The molecule has 6 nitrogen and oxygen atoms in total. The maximum Gasteiger partial charge on any atom is 0.293 e. The number of hydrogen-bond donors (Lipinski definition) is 0. The quantitative estimate of drug-likeness (QED) is 0.684. The van der Waals surface area contributed by atoms with Gasteiger partial charge in [0.15, 0.2) is 11.5 Å². The number of ether oxygens (including phenoxy) is 3. The number of imide groups is 1. The van der Waals surface area contributed by atoms with Crippen LogP contribution < -0.4 is 9.47 Å². The summed E-state index contributed by atoms with van der Waals surface area (Å²) in [7, 11) is 3.04. The summed E-state index contributed by atoms with van der Waals surface area (Å²) >= 11 is 7.13. The van der Waals surface area contributed by atoms with E-state index in [-0.39, 0.29) is 17.7 Å². The van der Waals surface area contributed by atoms with Gasteiger partial charge in [-0.2, -0.15) is 0 Å². The lowest BCUT2D eigenvalue weighted by Gasteiger charge is -2.12. The first-order chi connectivity index (χ1) is 11.5. The Bertz CT molecular complexity index is 677. The number of nitrogens with zero attached hydrogens (tertiary/aromatic N) is 1. The normalized spacial score (nSPS) is 16.2. The van der Waals surface area contributed by atoms with Gasteiger partial charge in [0.25, 0.3) is 11.1 Å². The van der Waals surface area contributed by atoms with E-state index in [0.29, 0.717) is 40.2 Å². The van der Waals surface area contributed by atoms with E-state index in [1.54, 1.807) is 18.2 Å². The molecule has 0 atom stereocenters. The van der Waals surface area contributed by atoms with Crippen LogP contribution in [0.3, 0.4) is 0 Å². The highest BCUT2D eigenvalue weighted by atomic mass is 35.5. The zero-order valence-corrected chi connectivity index (χ0v) is 15.2. The molecule has 1 fully saturated rings. The fraction of sp³-hybridized carbons (Fsp3) is 0.375. The van der Waals surface area contributed by atoms with E-state index in [0.717, 1.165) is 16.7 Å². The van der Waals surface area contributed by atoms with Crippen LogP contribution >= 0.6 is 23.4 Å². The number of benzene rings is 1. The van der Waals surface area contributed by atoms with E-state index < -0.39 is 0 Å². The molecule has 0 bridgehead atoms. The molecule has 0 aliphatic carbocycles. The molecule has 0 aromatic heterocycles. The smallest absolute Gasteiger partial charge is 0.293 e. The van der Waals surface area contributed by atoms with Gasteiger partial charge < -0.3 is 14.2 Å². The largest absolute Gasteiger partial charge is 0.493 e. The summed E-state index contributed by atoms with van der Waals surface area (Å²) in [6, 6.07) is 3.31. The lowest BCUT2D eigenvalue weighted by molar-refractivity contribution is -0.123. The van der Waals surface area contributed by atoms with Crippen molar-refractivity contribution in [1.29, 1.82) is 0 Å². The first-order valence-corrected chi connectivity index (χ1v) is 8.45. The summed E-state index contributed by atoms with van der Waals surface area (Å²) in [5, 5.41) is 0.0836. The zero-order chi connectivity index (χ0) is 17.7. The van der Waals surface area contributed by atoms with Crippen LogP contribution in [0.5, 0.6) is 11.5 Å². The summed E-state index contributed by atoms with van der Waals surface area (Å²) in [4.78, 5) is 25.7. The lowest BCUT2D eigenvalue weighted by atomic mass is 10.1. The van der Waals surface area contributed by atoms with Gasteiger partial charge in [-0.1, -0.05) is 11.6 Å². The van der Waals surface area contributed by atoms with E-state index in [9.17, 15) is 9.59 Å². The van der Waals surface area contributed by atoms with Gasteiger partial charge >= 0.3 is 0 Å². The fourth-order valence-electron chi connectivity index (χ4n) is 2.11. The second-order valence-electron chi connectivity index (χ2n) is 4.78. The fourth-order valence-corrected chi connectivity index (χ4v) is 3.17. The molecule has 2 amide bonds. The summed E-state index contributed by atoms with van der Waals surface area (Å²) < 4.78 is 15.6. The Balaban J connectivity index is 2.31. The molecule has 1 saturated heterocycles. The number of carbonyl (C=O) groups excluding carboxylic acids is 2. The predicted octanol–water partition coefficient (Wildman–Crippen LogP) is 3.43. The molecular weight excluding hydrogens is 354 g/mol. The molecule has 1 aliphatic rings. The van der Waals surface area contributed by atoms with Crippen molar-refractivity contribution in [2.45, 2.75) is 6.92 Å². The Morgan fingerprint density at radius 2 is 2.00 bits per heavy atom. The number of halogens is 1. The Kier molecular flexibility index (Phi) is 6.53. The van der Waals surface area contributed by atoms with Crippen LogP contribution in [0.15, 0.2) is 17.0 Å². The van der Waals surface area contributed by atoms with Gasteiger partial charge in [0.2, 0.25) is 0 Å². The molecular formula is C16H18ClNO5S. The SMILES string of the molecule is CCOc1cc(Cl)c(/C=C2/SC(=O)N(CCOC)C2=O)cc1OC. The van der Waals surface area contributed by atoms with Crippen molar-refractivity contribution in [3.05, 3.63) is 27.6 Å². The second kappa shape index (κ2) is 8.41. The van der Waals surface area contributed by atoms with Gasteiger partial charge in [0, 0.05) is 13.2 Å². The van der Waals surface area contributed by atoms with Crippen LogP contribution in [0.2, 0.25) is 5.02 Å². The molecule has 0 unspecified atom stereocenters. The number of hydrogen-bond acceptors (Lipinski definition) is 6. The van der Waals surface area contributed by atoms with Crippen LogP contribution in [0.1, 0.15) is 12.5 Å². The van der Waals surface area contributed by atoms with Crippen molar-refractivity contribution >= 4 is 40.6 Å². The first kappa shape index (κ1) is 18.6. The van der Waals surface area contributed by atoms with Crippen LogP contribution in [0, 0.1) is 0 Å².